The lowest BCUT2D eigenvalue weighted by Crippen LogP contribution is -2.19. The number of nitrogens with one attached hydrogen (secondary N) is 1. The number of hydrogen-bond acceptors (Lipinski definition) is 3. The molecule has 0 saturated heterocycles. The fraction of sp³-hybridized carbons (Fsp3) is 0.214. The number of furan rings is 1. The van der Waals surface area contributed by atoms with E-state index in [1.807, 2.05) is 31.2 Å². The van der Waals surface area contributed by atoms with Gasteiger partial charge in [-0.2, -0.15) is 0 Å². The van der Waals surface area contributed by atoms with Crippen molar-refractivity contribution in [1.29, 1.82) is 0 Å². The SMILES string of the molecule is C[C@@H](NCc1ccoc1C(=O)O)c1ccc(Cl)cc1. The van der Waals surface area contributed by atoms with Gasteiger partial charge in [-0.15, -0.1) is 0 Å². The number of carboxylic acid groups (broad SMARTS) is 1. The molecule has 2 rings (SSSR count). The molecule has 0 amide bonds. The summed E-state index contributed by atoms with van der Waals surface area (Å²) in [6, 6.07) is 9.28. The van der Waals surface area contributed by atoms with Crippen LogP contribution in [0.1, 0.15) is 34.6 Å². The molecule has 1 aromatic heterocycles. The van der Waals surface area contributed by atoms with E-state index < -0.39 is 5.97 Å². The van der Waals surface area contributed by atoms with Crippen LogP contribution in [0, 0.1) is 0 Å². The summed E-state index contributed by atoms with van der Waals surface area (Å²) >= 11 is 5.83. The summed E-state index contributed by atoms with van der Waals surface area (Å²) in [7, 11) is 0. The molecule has 2 N–H and O–H groups in total. The van der Waals surface area contributed by atoms with Crippen LogP contribution < -0.4 is 5.32 Å². The zero-order chi connectivity index (χ0) is 13.8. The fourth-order valence-corrected chi connectivity index (χ4v) is 1.92. The van der Waals surface area contributed by atoms with Crippen molar-refractivity contribution >= 4 is 17.6 Å². The molecule has 0 saturated carbocycles. The Kier molecular flexibility index (Phi) is 4.24. The average molecular weight is 280 g/mol. The van der Waals surface area contributed by atoms with Crippen molar-refractivity contribution in [1.82, 2.24) is 5.32 Å². The summed E-state index contributed by atoms with van der Waals surface area (Å²) in [6.07, 6.45) is 1.38. The maximum atomic E-state index is 10.9. The van der Waals surface area contributed by atoms with Crippen molar-refractivity contribution < 1.29 is 14.3 Å². The maximum Gasteiger partial charge on any atom is 0.372 e. The molecule has 1 atom stereocenters. The molecule has 0 fully saturated rings. The van der Waals surface area contributed by atoms with E-state index >= 15 is 0 Å². The largest absolute Gasteiger partial charge is 0.475 e. The van der Waals surface area contributed by atoms with E-state index in [-0.39, 0.29) is 11.8 Å². The first-order valence-electron chi connectivity index (χ1n) is 5.86. The Morgan fingerprint density at radius 2 is 2.05 bits per heavy atom. The lowest BCUT2D eigenvalue weighted by atomic mass is 10.1. The Hall–Kier alpha value is -1.78. The molecule has 0 aliphatic heterocycles. The van der Waals surface area contributed by atoms with Gasteiger partial charge in [0.05, 0.1) is 6.26 Å². The Morgan fingerprint density at radius 1 is 1.37 bits per heavy atom. The highest BCUT2D eigenvalue weighted by Crippen LogP contribution is 2.17. The second-order valence-corrected chi connectivity index (χ2v) is 4.67. The minimum atomic E-state index is -1.05. The van der Waals surface area contributed by atoms with Gasteiger partial charge in [-0.3, -0.25) is 0 Å². The van der Waals surface area contributed by atoms with E-state index in [1.165, 1.54) is 6.26 Å². The molecule has 1 heterocycles. The van der Waals surface area contributed by atoms with Crippen molar-refractivity contribution in [2.75, 3.05) is 0 Å². The van der Waals surface area contributed by atoms with Crippen LogP contribution in [0.25, 0.3) is 0 Å². The molecule has 0 bridgehead atoms. The van der Waals surface area contributed by atoms with Crippen molar-refractivity contribution in [3.05, 3.63) is 58.5 Å². The molecule has 19 heavy (non-hydrogen) atoms. The molecular formula is C14H14ClNO3. The van der Waals surface area contributed by atoms with Crippen LogP contribution in [0.4, 0.5) is 0 Å². The van der Waals surface area contributed by atoms with Gasteiger partial charge in [0.1, 0.15) is 0 Å². The van der Waals surface area contributed by atoms with Crippen molar-refractivity contribution in [2.24, 2.45) is 0 Å². The lowest BCUT2D eigenvalue weighted by Gasteiger charge is -2.13. The molecule has 5 heteroatoms. The van der Waals surface area contributed by atoms with E-state index in [0.717, 1.165) is 5.56 Å². The van der Waals surface area contributed by atoms with Crippen molar-refractivity contribution in [2.45, 2.75) is 19.5 Å². The molecule has 4 nitrogen and oxygen atoms in total. The van der Waals surface area contributed by atoms with Gasteiger partial charge in [-0.05, 0) is 30.7 Å². The van der Waals surface area contributed by atoms with Gasteiger partial charge in [0.2, 0.25) is 5.76 Å². The minimum absolute atomic E-state index is 0.0178. The summed E-state index contributed by atoms with van der Waals surface area (Å²) in [6.45, 7) is 2.44. The van der Waals surface area contributed by atoms with Gasteiger partial charge in [-0.25, -0.2) is 4.79 Å². The molecule has 0 radical (unpaired) electrons. The van der Waals surface area contributed by atoms with Crippen LogP contribution in [0.15, 0.2) is 41.0 Å². The zero-order valence-corrected chi connectivity index (χ0v) is 11.1. The molecule has 0 aliphatic rings. The number of hydrogen-bond donors (Lipinski definition) is 2. The van der Waals surface area contributed by atoms with E-state index in [4.69, 9.17) is 21.1 Å². The number of carboxylic acids is 1. The summed E-state index contributed by atoms with van der Waals surface area (Å²) in [4.78, 5) is 10.9. The molecule has 0 unspecified atom stereocenters. The first-order valence-corrected chi connectivity index (χ1v) is 6.24. The summed E-state index contributed by atoms with van der Waals surface area (Å²) in [5.74, 6) is -1.07. The third-order valence-electron chi connectivity index (χ3n) is 2.91. The highest BCUT2D eigenvalue weighted by Gasteiger charge is 2.14. The predicted molar refractivity (Wildman–Crippen MR) is 72.4 cm³/mol. The third kappa shape index (κ3) is 3.36. The van der Waals surface area contributed by atoms with E-state index in [1.54, 1.807) is 6.07 Å². The zero-order valence-electron chi connectivity index (χ0n) is 10.4. The van der Waals surface area contributed by atoms with Gasteiger partial charge in [0.15, 0.2) is 0 Å². The molecule has 0 aliphatic carbocycles. The quantitative estimate of drug-likeness (QED) is 0.879. The molecular weight excluding hydrogens is 266 g/mol. The monoisotopic (exact) mass is 279 g/mol. The second-order valence-electron chi connectivity index (χ2n) is 4.23. The summed E-state index contributed by atoms with van der Waals surface area (Å²) < 4.78 is 4.92. The molecule has 100 valence electrons. The van der Waals surface area contributed by atoms with E-state index in [9.17, 15) is 4.79 Å². The van der Waals surface area contributed by atoms with Crippen LogP contribution in [-0.4, -0.2) is 11.1 Å². The van der Waals surface area contributed by atoms with Gasteiger partial charge in [0.25, 0.3) is 0 Å². The first kappa shape index (κ1) is 13.6. The van der Waals surface area contributed by atoms with E-state index in [0.29, 0.717) is 17.1 Å². The fourth-order valence-electron chi connectivity index (χ4n) is 1.79. The van der Waals surface area contributed by atoms with Gasteiger partial charge in [-0.1, -0.05) is 23.7 Å². The molecule has 1 aromatic carbocycles. The highest BCUT2D eigenvalue weighted by atomic mass is 35.5. The summed E-state index contributed by atoms with van der Waals surface area (Å²) in [5, 5.41) is 12.9. The van der Waals surface area contributed by atoms with Crippen molar-refractivity contribution in [3.63, 3.8) is 0 Å². The second kappa shape index (κ2) is 5.91. The van der Waals surface area contributed by atoms with E-state index in [2.05, 4.69) is 5.32 Å². The molecule has 0 spiro atoms. The van der Waals surface area contributed by atoms with Crippen LogP contribution in [0.3, 0.4) is 0 Å². The summed E-state index contributed by atoms with van der Waals surface area (Å²) in [5.41, 5.74) is 1.72. The first-order chi connectivity index (χ1) is 9.08. The standard InChI is InChI=1S/C14H14ClNO3/c1-9(10-2-4-12(15)5-3-10)16-8-11-6-7-19-13(11)14(17)18/h2-7,9,16H,8H2,1H3,(H,17,18)/t9-/m1/s1. The normalized spacial score (nSPS) is 12.3. The maximum absolute atomic E-state index is 10.9. The smallest absolute Gasteiger partial charge is 0.372 e. The number of rotatable bonds is 5. The van der Waals surface area contributed by atoms with Gasteiger partial charge in [0, 0.05) is 23.2 Å². The van der Waals surface area contributed by atoms with Crippen molar-refractivity contribution in [3.8, 4) is 0 Å². The third-order valence-corrected chi connectivity index (χ3v) is 3.16. The lowest BCUT2D eigenvalue weighted by molar-refractivity contribution is 0.0660. The van der Waals surface area contributed by atoms with Crippen LogP contribution in [0.5, 0.6) is 0 Å². The van der Waals surface area contributed by atoms with Crippen LogP contribution in [-0.2, 0) is 6.54 Å². The number of aromatic carboxylic acids is 1. The molecule has 2 aromatic rings. The topological polar surface area (TPSA) is 62.5 Å². The number of carbonyl (C=O) groups is 1. The average Bonchev–Trinajstić information content (AvgIpc) is 2.85. The number of halogens is 1. The minimum Gasteiger partial charge on any atom is -0.475 e. The Morgan fingerprint density at radius 3 is 2.68 bits per heavy atom. The highest BCUT2D eigenvalue weighted by molar-refractivity contribution is 6.30. The van der Waals surface area contributed by atoms with Gasteiger partial charge >= 0.3 is 5.97 Å². The Labute approximate surface area is 116 Å². The van der Waals surface area contributed by atoms with Crippen LogP contribution >= 0.6 is 11.6 Å². The van der Waals surface area contributed by atoms with Gasteiger partial charge < -0.3 is 14.8 Å². The Balaban J connectivity index is 2.00. The van der Waals surface area contributed by atoms with Crippen LogP contribution in [0.2, 0.25) is 5.02 Å². The Bertz CT molecular complexity index is 562. The number of benzene rings is 1. The predicted octanol–water partition coefficient (Wildman–Crippen LogP) is 3.48.